The number of nitrogens with zero attached hydrogens (tertiary/aromatic N) is 1. The average molecular weight is 228 g/mol. The van der Waals surface area contributed by atoms with Gasteiger partial charge in [0.15, 0.2) is 6.29 Å². The number of nitrogens with one attached hydrogen (secondary N) is 1. The Morgan fingerprint density at radius 3 is 3.27 bits per heavy atom. The highest BCUT2D eigenvalue weighted by atomic mass is 32.1. The zero-order valence-corrected chi connectivity index (χ0v) is 9.45. The molecular weight excluding hydrogens is 212 g/mol. The van der Waals surface area contributed by atoms with Gasteiger partial charge in [-0.2, -0.15) is 12.6 Å². The Kier molecular flexibility index (Phi) is 4.05. The number of aromatic nitrogens is 2. The first-order valence-corrected chi connectivity index (χ1v) is 5.78. The van der Waals surface area contributed by atoms with Crippen LogP contribution in [0.1, 0.15) is 30.3 Å². The molecule has 0 amide bonds. The Morgan fingerprint density at radius 1 is 1.67 bits per heavy atom. The molecule has 4 nitrogen and oxygen atoms in total. The minimum atomic E-state index is -0.0524. The maximum Gasteiger partial charge on any atom is 0.157 e. The summed E-state index contributed by atoms with van der Waals surface area (Å²) in [6.07, 6.45) is 6.76. The Hall–Kier alpha value is -0.520. The van der Waals surface area contributed by atoms with Crippen LogP contribution in [-0.4, -0.2) is 29.5 Å². The van der Waals surface area contributed by atoms with Gasteiger partial charge in [-0.1, -0.05) is 0 Å². The normalized spacial score (nSPS) is 23.9. The van der Waals surface area contributed by atoms with Crippen LogP contribution in [0.3, 0.4) is 0 Å². The van der Waals surface area contributed by atoms with E-state index in [9.17, 15) is 0 Å². The zero-order valence-electron chi connectivity index (χ0n) is 8.56. The quantitative estimate of drug-likeness (QED) is 0.774. The highest BCUT2D eigenvalue weighted by Gasteiger charge is 2.16. The molecule has 1 aromatic heterocycles. The lowest BCUT2D eigenvalue weighted by atomic mass is 10.2. The first-order chi connectivity index (χ1) is 7.36. The van der Waals surface area contributed by atoms with E-state index in [1.54, 1.807) is 12.4 Å². The molecule has 2 atom stereocenters. The Labute approximate surface area is 94.8 Å². The Bertz CT molecular complexity index is 273. The molecule has 2 unspecified atom stereocenters. The molecule has 84 valence electrons. The first-order valence-electron chi connectivity index (χ1n) is 5.27. The summed E-state index contributed by atoms with van der Waals surface area (Å²) in [6.45, 7) is 1.34. The second kappa shape index (κ2) is 5.53. The molecule has 1 aliphatic heterocycles. The third-order valence-electron chi connectivity index (χ3n) is 2.41. The molecule has 1 aromatic rings. The van der Waals surface area contributed by atoms with Crippen LogP contribution >= 0.6 is 12.6 Å². The largest absolute Gasteiger partial charge is 0.353 e. The van der Waals surface area contributed by atoms with Gasteiger partial charge in [0.05, 0.1) is 11.9 Å². The fraction of sp³-hybridized carbons (Fsp3) is 0.700. The minimum absolute atomic E-state index is 0.00877. The smallest absolute Gasteiger partial charge is 0.157 e. The molecule has 2 heterocycles. The molecule has 15 heavy (non-hydrogen) atoms. The summed E-state index contributed by atoms with van der Waals surface area (Å²) in [5, 5.41) is -0.00877. The summed E-state index contributed by atoms with van der Waals surface area (Å²) in [6, 6.07) is 0. The summed E-state index contributed by atoms with van der Waals surface area (Å²) in [4.78, 5) is 7.14. The first kappa shape index (κ1) is 11.0. The predicted octanol–water partition coefficient (Wildman–Crippen LogP) is 1.92. The maximum atomic E-state index is 5.61. The molecule has 0 aromatic carbocycles. The summed E-state index contributed by atoms with van der Waals surface area (Å²) in [5.41, 5.74) is 0. The highest BCUT2D eigenvalue weighted by Crippen LogP contribution is 2.19. The summed E-state index contributed by atoms with van der Waals surface area (Å²) >= 11 is 4.41. The number of ether oxygens (including phenoxy) is 2. The number of thiol groups is 1. The van der Waals surface area contributed by atoms with Crippen molar-refractivity contribution in [1.29, 1.82) is 0 Å². The van der Waals surface area contributed by atoms with Gasteiger partial charge in [-0.15, -0.1) is 0 Å². The van der Waals surface area contributed by atoms with E-state index >= 15 is 0 Å². The number of hydrogen-bond donors (Lipinski definition) is 2. The second-order valence-corrected chi connectivity index (χ2v) is 4.24. The summed E-state index contributed by atoms with van der Waals surface area (Å²) < 4.78 is 11.1. The van der Waals surface area contributed by atoms with Gasteiger partial charge in [0.1, 0.15) is 5.82 Å². The van der Waals surface area contributed by atoms with Crippen molar-refractivity contribution in [1.82, 2.24) is 9.97 Å². The van der Waals surface area contributed by atoms with E-state index in [-0.39, 0.29) is 11.5 Å². The molecule has 1 fully saturated rings. The van der Waals surface area contributed by atoms with Crippen molar-refractivity contribution in [2.45, 2.75) is 30.8 Å². The number of H-pyrrole nitrogens is 1. The molecule has 0 bridgehead atoms. The standard InChI is InChI=1S/C10H16N2O2S/c15-8(10-11-4-5-12-10)7-14-9-3-1-2-6-13-9/h4-5,8-9,15H,1-3,6-7H2,(H,11,12). The molecule has 0 radical (unpaired) electrons. The SMILES string of the molecule is SC(COC1CCCCO1)c1ncc[nH]1. The molecule has 2 rings (SSSR count). The Balaban J connectivity index is 1.73. The van der Waals surface area contributed by atoms with Crippen LogP contribution in [0.25, 0.3) is 0 Å². The van der Waals surface area contributed by atoms with E-state index in [1.165, 1.54) is 6.42 Å². The van der Waals surface area contributed by atoms with Crippen LogP contribution in [-0.2, 0) is 9.47 Å². The van der Waals surface area contributed by atoms with Gasteiger partial charge >= 0.3 is 0 Å². The van der Waals surface area contributed by atoms with Crippen molar-refractivity contribution >= 4 is 12.6 Å². The van der Waals surface area contributed by atoms with Crippen molar-refractivity contribution in [3.63, 3.8) is 0 Å². The molecule has 0 aliphatic carbocycles. The third kappa shape index (κ3) is 3.22. The Morgan fingerprint density at radius 2 is 2.60 bits per heavy atom. The van der Waals surface area contributed by atoms with E-state index in [1.807, 2.05) is 0 Å². The summed E-state index contributed by atoms with van der Waals surface area (Å²) in [5.74, 6) is 0.842. The molecule has 1 aliphatic rings. The van der Waals surface area contributed by atoms with Crippen LogP contribution < -0.4 is 0 Å². The van der Waals surface area contributed by atoms with E-state index in [2.05, 4.69) is 22.6 Å². The third-order valence-corrected chi connectivity index (χ3v) is 2.81. The lowest BCUT2D eigenvalue weighted by Crippen LogP contribution is -2.23. The molecule has 0 saturated carbocycles. The van der Waals surface area contributed by atoms with Crippen molar-refractivity contribution in [3.8, 4) is 0 Å². The minimum Gasteiger partial charge on any atom is -0.353 e. The van der Waals surface area contributed by atoms with Gasteiger partial charge in [-0.05, 0) is 19.3 Å². The second-order valence-electron chi connectivity index (χ2n) is 3.62. The monoisotopic (exact) mass is 228 g/mol. The van der Waals surface area contributed by atoms with E-state index in [0.717, 1.165) is 25.3 Å². The number of rotatable bonds is 4. The summed E-state index contributed by atoms with van der Waals surface area (Å²) in [7, 11) is 0. The van der Waals surface area contributed by atoms with E-state index in [4.69, 9.17) is 9.47 Å². The molecule has 5 heteroatoms. The molecule has 1 N–H and O–H groups in total. The number of imidazole rings is 1. The number of hydrogen-bond acceptors (Lipinski definition) is 4. The van der Waals surface area contributed by atoms with Crippen molar-refractivity contribution in [2.75, 3.05) is 13.2 Å². The number of aromatic amines is 1. The van der Waals surface area contributed by atoms with Crippen LogP contribution in [0, 0.1) is 0 Å². The van der Waals surface area contributed by atoms with Crippen LogP contribution in [0.5, 0.6) is 0 Å². The van der Waals surface area contributed by atoms with Gasteiger partial charge in [0, 0.05) is 19.0 Å². The van der Waals surface area contributed by atoms with Gasteiger partial charge in [0.2, 0.25) is 0 Å². The van der Waals surface area contributed by atoms with Crippen LogP contribution in [0.2, 0.25) is 0 Å². The zero-order chi connectivity index (χ0) is 10.5. The van der Waals surface area contributed by atoms with Crippen LogP contribution in [0.4, 0.5) is 0 Å². The van der Waals surface area contributed by atoms with Crippen molar-refractivity contribution in [2.24, 2.45) is 0 Å². The van der Waals surface area contributed by atoms with Gasteiger partial charge < -0.3 is 14.5 Å². The predicted molar refractivity (Wildman–Crippen MR) is 59.9 cm³/mol. The van der Waals surface area contributed by atoms with Gasteiger partial charge in [-0.25, -0.2) is 4.98 Å². The maximum absolute atomic E-state index is 5.61. The fourth-order valence-electron chi connectivity index (χ4n) is 1.58. The molecule has 0 spiro atoms. The lowest BCUT2D eigenvalue weighted by Gasteiger charge is -2.23. The molecule has 1 saturated heterocycles. The van der Waals surface area contributed by atoms with E-state index in [0.29, 0.717) is 6.61 Å². The molecular formula is C10H16N2O2S. The highest BCUT2D eigenvalue weighted by molar-refractivity contribution is 7.80. The average Bonchev–Trinajstić information content (AvgIpc) is 2.81. The lowest BCUT2D eigenvalue weighted by molar-refractivity contribution is -0.162. The van der Waals surface area contributed by atoms with Crippen LogP contribution in [0.15, 0.2) is 12.4 Å². The topological polar surface area (TPSA) is 47.1 Å². The van der Waals surface area contributed by atoms with Crippen molar-refractivity contribution < 1.29 is 9.47 Å². The van der Waals surface area contributed by atoms with Gasteiger partial charge in [0.25, 0.3) is 0 Å². The van der Waals surface area contributed by atoms with Gasteiger partial charge in [-0.3, -0.25) is 0 Å². The van der Waals surface area contributed by atoms with Crippen molar-refractivity contribution in [3.05, 3.63) is 18.2 Å². The fourth-order valence-corrected chi connectivity index (χ4v) is 1.81. The van der Waals surface area contributed by atoms with E-state index < -0.39 is 0 Å².